The number of aryl methyl sites for hydroxylation is 3. The minimum atomic E-state index is 0.215. The smallest absolute Gasteiger partial charge is 0.201 e. The maximum absolute atomic E-state index is 2.50. The summed E-state index contributed by atoms with van der Waals surface area (Å²) < 4.78 is 2.38. The fourth-order valence-corrected chi connectivity index (χ4v) is 6.38. The van der Waals surface area contributed by atoms with Crippen LogP contribution in [0.3, 0.4) is 0 Å². The Morgan fingerprint density at radius 2 is 1.48 bits per heavy atom. The van der Waals surface area contributed by atoms with E-state index in [2.05, 4.69) is 95.8 Å². The van der Waals surface area contributed by atoms with Gasteiger partial charge in [-0.3, -0.25) is 0 Å². The zero-order valence-electron chi connectivity index (χ0n) is 18.9. The Bertz CT molecular complexity index is 1180. The van der Waals surface area contributed by atoms with Crippen LogP contribution in [0.15, 0.2) is 42.6 Å². The minimum Gasteiger partial charge on any atom is -0.201 e. The summed E-state index contributed by atoms with van der Waals surface area (Å²) in [6, 6.07) is 13.8. The molecule has 0 fully saturated rings. The molecule has 1 nitrogen and oxygen atoms in total. The van der Waals surface area contributed by atoms with Crippen LogP contribution in [0.1, 0.15) is 67.5 Å². The van der Waals surface area contributed by atoms with E-state index in [1.807, 2.05) is 0 Å². The fraction of sp³-hybridized carbons (Fsp3) is 0.393. The fourth-order valence-electron chi connectivity index (χ4n) is 6.38. The average molecular weight is 383 g/mol. The zero-order valence-corrected chi connectivity index (χ0v) is 18.9. The van der Waals surface area contributed by atoms with Crippen molar-refractivity contribution in [3.8, 4) is 22.4 Å². The van der Waals surface area contributed by atoms with Crippen molar-refractivity contribution < 1.29 is 4.57 Å². The normalized spacial score (nSPS) is 17.8. The predicted octanol–water partition coefficient (Wildman–Crippen LogP) is 6.33. The Balaban J connectivity index is 1.80. The van der Waals surface area contributed by atoms with E-state index in [9.17, 15) is 0 Å². The second-order valence-electron chi connectivity index (χ2n) is 10.6. The molecule has 1 heterocycles. The molecule has 0 spiro atoms. The van der Waals surface area contributed by atoms with Gasteiger partial charge in [0, 0.05) is 11.6 Å². The topological polar surface area (TPSA) is 3.88 Å². The second kappa shape index (κ2) is 5.81. The van der Waals surface area contributed by atoms with Crippen LogP contribution in [0.25, 0.3) is 22.4 Å². The van der Waals surface area contributed by atoms with Crippen LogP contribution in [-0.2, 0) is 24.3 Å². The summed E-state index contributed by atoms with van der Waals surface area (Å²) in [6.45, 7) is 14.2. The van der Waals surface area contributed by atoms with Crippen LogP contribution < -0.4 is 4.57 Å². The lowest BCUT2D eigenvalue weighted by Gasteiger charge is -2.22. The summed E-state index contributed by atoms with van der Waals surface area (Å²) in [6.07, 6.45) is 4.65. The number of benzene rings is 2. The number of pyridine rings is 1. The van der Waals surface area contributed by atoms with Gasteiger partial charge in [0.25, 0.3) is 0 Å². The van der Waals surface area contributed by atoms with E-state index in [1.165, 1.54) is 62.2 Å². The monoisotopic (exact) mass is 382 g/mol. The molecule has 0 amide bonds. The standard InChI is InChI=1S/C28H32N/c1-17-12-18(2)26(21-13-19-10-8-9-11-20(19)25(17)21)24-14-22-23(15-29(24)7)28(5,6)16-27(22,3)4/h8-12,14-15H,13,16H2,1-7H3/q+1. The van der Waals surface area contributed by atoms with Crippen molar-refractivity contribution >= 4 is 0 Å². The lowest BCUT2D eigenvalue weighted by Crippen LogP contribution is -2.34. The number of hydrogen-bond donors (Lipinski definition) is 0. The molecule has 3 aromatic rings. The molecule has 0 aliphatic heterocycles. The molecule has 2 aliphatic carbocycles. The highest BCUT2D eigenvalue weighted by Gasteiger charge is 2.44. The average Bonchev–Trinajstić information content (AvgIpc) is 3.08. The van der Waals surface area contributed by atoms with Crippen LogP contribution in [0.4, 0.5) is 0 Å². The van der Waals surface area contributed by atoms with E-state index in [4.69, 9.17) is 0 Å². The highest BCUT2D eigenvalue weighted by Crippen LogP contribution is 2.50. The van der Waals surface area contributed by atoms with Crippen LogP contribution >= 0.6 is 0 Å². The third-order valence-electron chi connectivity index (χ3n) is 7.35. The van der Waals surface area contributed by atoms with Gasteiger partial charge in [0.1, 0.15) is 7.05 Å². The summed E-state index contributed by atoms with van der Waals surface area (Å²) in [5.41, 5.74) is 14.9. The lowest BCUT2D eigenvalue weighted by atomic mass is 9.81. The number of nitrogens with zero attached hydrogens (tertiary/aromatic N) is 1. The van der Waals surface area contributed by atoms with E-state index < -0.39 is 0 Å². The van der Waals surface area contributed by atoms with Crippen molar-refractivity contribution in [3.05, 3.63) is 76.0 Å². The van der Waals surface area contributed by atoms with Crippen molar-refractivity contribution in [3.63, 3.8) is 0 Å². The van der Waals surface area contributed by atoms with Crippen molar-refractivity contribution in [2.45, 2.75) is 65.2 Å². The Hall–Kier alpha value is -2.41. The molecule has 0 saturated carbocycles. The molecule has 148 valence electrons. The molecule has 5 rings (SSSR count). The first-order chi connectivity index (χ1) is 13.6. The SMILES string of the molecule is Cc1cc(C)c(-c2cc3c(c[n+]2C)C(C)(C)CC3(C)C)c2c1-c1ccccc1C2. The van der Waals surface area contributed by atoms with E-state index in [0.29, 0.717) is 0 Å². The summed E-state index contributed by atoms with van der Waals surface area (Å²) in [4.78, 5) is 0. The van der Waals surface area contributed by atoms with Gasteiger partial charge in [-0.2, -0.15) is 0 Å². The molecule has 1 heteroatoms. The Morgan fingerprint density at radius 1 is 0.828 bits per heavy atom. The van der Waals surface area contributed by atoms with Crippen molar-refractivity contribution in [1.29, 1.82) is 0 Å². The third-order valence-corrected chi connectivity index (χ3v) is 7.35. The molecule has 29 heavy (non-hydrogen) atoms. The van der Waals surface area contributed by atoms with E-state index in [1.54, 1.807) is 0 Å². The second-order valence-corrected chi connectivity index (χ2v) is 10.6. The molecule has 0 radical (unpaired) electrons. The number of rotatable bonds is 1. The first-order valence-electron chi connectivity index (χ1n) is 10.9. The predicted molar refractivity (Wildman–Crippen MR) is 121 cm³/mol. The highest BCUT2D eigenvalue weighted by atomic mass is 14.9. The molecular formula is C28H32N+. The van der Waals surface area contributed by atoms with Gasteiger partial charge < -0.3 is 0 Å². The van der Waals surface area contributed by atoms with E-state index in [0.717, 1.165) is 6.42 Å². The summed E-state index contributed by atoms with van der Waals surface area (Å²) in [5, 5.41) is 0. The van der Waals surface area contributed by atoms with E-state index >= 15 is 0 Å². The first kappa shape index (κ1) is 18.6. The van der Waals surface area contributed by atoms with Gasteiger partial charge in [-0.15, -0.1) is 0 Å². The summed E-state index contributed by atoms with van der Waals surface area (Å²) in [7, 11) is 2.23. The van der Waals surface area contributed by atoms with Gasteiger partial charge in [-0.05, 0) is 76.5 Å². The van der Waals surface area contributed by atoms with Crippen LogP contribution in [0.2, 0.25) is 0 Å². The molecule has 0 N–H and O–H groups in total. The Kier molecular flexibility index (Phi) is 3.73. The zero-order chi connectivity index (χ0) is 20.7. The van der Waals surface area contributed by atoms with E-state index in [-0.39, 0.29) is 10.8 Å². The molecule has 0 unspecified atom stereocenters. The quantitative estimate of drug-likeness (QED) is 0.339. The highest BCUT2D eigenvalue weighted by molar-refractivity contribution is 5.87. The maximum Gasteiger partial charge on any atom is 0.213 e. The van der Waals surface area contributed by atoms with Gasteiger partial charge in [0.05, 0.1) is 5.56 Å². The Morgan fingerprint density at radius 3 is 2.24 bits per heavy atom. The van der Waals surface area contributed by atoms with Gasteiger partial charge in [0.2, 0.25) is 5.69 Å². The number of fused-ring (bicyclic) bond motifs is 4. The third kappa shape index (κ3) is 2.56. The van der Waals surface area contributed by atoms with Crippen LogP contribution in [0, 0.1) is 13.8 Å². The van der Waals surface area contributed by atoms with Crippen LogP contribution in [-0.4, -0.2) is 0 Å². The molecule has 0 atom stereocenters. The first-order valence-corrected chi connectivity index (χ1v) is 10.9. The number of hydrogen-bond acceptors (Lipinski definition) is 0. The molecule has 1 aromatic heterocycles. The summed E-state index contributed by atoms with van der Waals surface area (Å²) in [5.74, 6) is 0. The van der Waals surface area contributed by atoms with Gasteiger partial charge in [-0.1, -0.05) is 58.0 Å². The lowest BCUT2D eigenvalue weighted by molar-refractivity contribution is -0.661. The van der Waals surface area contributed by atoms with Gasteiger partial charge in [-0.25, -0.2) is 4.57 Å². The molecule has 0 bridgehead atoms. The number of aromatic nitrogens is 1. The van der Waals surface area contributed by atoms with Gasteiger partial charge in [0.15, 0.2) is 6.20 Å². The summed E-state index contributed by atoms with van der Waals surface area (Å²) >= 11 is 0. The molecule has 2 aromatic carbocycles. The van der Waals surface area contributed by atoms with Crippen LogP contribution in [0.5, 0.6) is 0 Å². The van der Waals surface area contributed by atoms with Crippen molar-refractivity contribution in [2.75, 3.05) is 0 Å². The largest absolute Gasteiger partial charge is 0.213 e. The molecule has 2 aliphatic rings. The van der Waals surface area contributed by atoms with Gasteiger partial charge >= 0.3 is 0 Å². The maximum atomic E-state index is 2.50. The molecular weight excluding hydrogens is 350 g/mol. The molecule has 0 saturated heterocycles. The van der Waals surface area contributed by atoms with Crippen molar-refractivity contribution in [1.82, 2.24) is 0 Å². The van der Waals surface area contributed by atoms with Crippen molar-refractivity contribution in [2.24, 2.45) is 7.05 Å². The minimum absolute atomic E-state index is 0.215. The Labute approximate surface area is 175 Å².